The van der Waals surface area contributed by atoms with Gasteiger partial charge in [-0.25, -0.2) is 0 Å². The SMILES string of the molecule is COc1ccc(C(O)COc2ccc(-c3csc(-c4ccc(OCC(O)c5ccc(OC)c(OC)c5)cc4)c3)cc2)cc1OC. The molecular weight excluding hydrogens is 592 g/mol. The molecule has 0 fully saturated rings. The molecule has 234 valence electrons. The van der Waals surface area contributed by atoms with Crippen molar-refractivity contribution in [2.75, 3.05) is 41.7 Å². The van der Waals surface area contributed by atoms with Gasteiger partial charge in [0, 0.05) is 4.88 Å². The van der Waals surface area contributed by atoms with Crippen LogP contribution < -0.4 is 28.4 Å². The first-order valence-electron chi connectivity index (χ1n) is 14.3. The Morgan fingerprint density at radius 1 is 0.511 bits per heavy atom. The number of ether oxygens (including phenoxy) is 6. The van der Waals surface area contributed by atoms with Crippen LogP contribution >= 0.6 is 11.3 Å². The van der Waals surface area contributed by atoms with Crippen molar-refractivity contribution in [3.63, 3.8) is 0 Å². The summed E-state index contributed by atoms with van der Waals surface area (Å²) in [6.07, 6.45) is -1.63. The molecule has 0 saturated heterocycles. The summed E-state index contributed by atoms with van der Waals surface area (Å²) in [7, 11) is 6.27. The highest BCUT2D eigenvalue weighted by atomic mass is 32.1. The minimum absolute atomic E-state index is 0.104. The normalized spacial score (nSPS) is 12.2. The molecule has 0 aliphatic carbocycles. The zero-order valence-corrected chi connectivity index (χ0v) is 26.4. The fraction of sp³-hybridized carbons (Fsp3) is 0.222. The Hall–Kier alpha value is -4.70. The summed E-state index contributed by atoms with van der Waals surface area (Å²) in [6, 6.07) is 28.4. The lowest BCUT2D eigenvalue weighted by Gasteiger charge is -2.15. The Morgan fingerprint density at radius 3 is 1.40 bits per heavy atom. The van der Waals surface area contributed by atoms with Gasteiger partial charge in [0.05, 0.1) is 28.4 Å². The molecule has 2 N–H and O–H groups in total. The molecule has 0 saturated carbocycles. The smallest absolute Gasteiger partial charge is 0.161 e. The Bertz CT molecular complexity index is 1560. The predicted octanol–water partition coefficient (Wildman–Crippen LogP) is 7.34. The highest BCUT2D eigenvalue weighted by Gasteiger charge is 2.15. The Labute approximate surface area is 266 Å². The van der Waals surface area contributed by atoms with E-state index in [1.165, 1.54) is 0 Å². The van der Waals surface area contributed by atoms with Crippen LogP contribution in [0.1, 0.15) is 23.3 Å². The maximum Gasteiger partial charge on any atom is 0.161 e. The van der Waals surface area contributed by atoms with E-state index >= 15 is 0 Å². The summed E-state index contributed by atoms with van der Waals surface area (Å²) < 4.78 is 32.9. The van der Waals surface area contributed by atoms with Gasteiger partial charge in [-0.2, -0.15) is 0 Å². The van der Waals surface area contributed by atoms with Crippen LogP contribution in [0.4, 0.5) is 0 Å². The van der Waals surface area contributed by atoms with Gasteiger partial charge in [0.15, 0.2) is 23.0 Å². The molecule has 2 atom stereocenters. The zero-order chi connectivity index (χ0) is 31.8. The number of aliphatic hydroxyl groups is 2. The summed E-state index contributed by atoms with van der Waals surface area (Å²) in [4.78, 5) is 1.13. The summed E-state index contributed by atoms with van der Waals surface area (Å²) in [6.45, 7) is 0.208. The van der Waals surface area contributed by atoms with Crippen molar-refractivity contribution >= 4 is 11.3 Å². The van der Waals surface area contributed by atoms with Crippen LogP contribution in [0.15, 0.2) is 96.4 Å². The van der Waals surface area contributed by atoms with Crippen molar-refractivity contribution in [2.45, 2.75) is 12.2 Å². The highest BCUT2D eigenvalue weighted by Crippen LogP contribution is 2.35. The average Bonchev–Trinajstić information content (AvgIpc) is 3.59. The molecule has 8 nitrogen and oxygen atoms in total. The molecular formula is C36H36O8S. The lowest BCUT2D eigenvalue weighted by Crippen LogP contribution is -2.10. The molecule has 0 spiro atoms. The lowest BCUT2D eigenvalue weighted by atomic mass is 10.1. The lowest BCUT2D eigenvalue weighted by molar-refractivity contribution is 0.108. The quantitative estimate of drug-likeness (QED) is 0.132. The van der Waals surface area contributed by atoms with Crippen molar-refractivity contribution in [1.29, 1.82) is 0 Å². The first-order valence-corrected chi connectivity index (χ1v) is 15.1. The molecule has 5 aromatic rings. The molecule has 9 heteroatoms. The molecule has 1 heterocycles. The summed E-state index contributed by atoms with van der Waals surface area (Å²) in [5.41, 5.74) is 4.60. The zero-order valence-electron chi connectivity index (χ0n) is 25.6. The number of benzene rings is 4. The number of methoxy groups -OCH3 is 4. The monoisotopic (exact) mass is 628 g/mol. The third kappa shape index (κ3) is 7.69. The number of thiophene rings is 1. The van der Waals surface area contributed by atoms with Crippen LogP contribution in [-0.4, -0.2) is 51.9 Å². The van der Waals surface area contributed by atoms with E-state index in [-0.39, 0.29) is 13.2 Å². The average molecular weight is 629 g/mol. The molecule has 5 rings (SSSR count). The Kier molecular flexibility index (Phi) is 10.5. The molecule has 0 radical (unpaired) electrons. The fourth-order valence-corrected chi connectivity index (χ4v) is 5.69. The molecule has 0 bridgehead atoms. The van der Waals surface area contributed by atoms with E-state index in [9.17, 15) is 10.2 Å². The van der Waals surface area contributed by atoms with E-state index < -0.39 is 12.2 Å². The maximum atomic E-state index is 10.6. The molecule has 0 aliphatic heterocycles. The Balaban J connectivity index is 1.15. The van der Waals surface area contributed by atoms with E-state index in [0.29, 0.717) is 45.6 Å². The van der Waals surface area contributed by atoms with Gasteiger partial charge in [-0.15, -0.1) is 11.3 Å². The van der Waals surface area contributed by atoms with Gasteiger partial charge in [-0.05, 0) is 99.9 Å². The number of aliphatic hydroxyl groups excluding tert-OH is 2. The van der Waals surface area contributed by atoms with Crippen molar-refractivity contribution < 1.29 is 38.6 Å². The molecule has 45 heavy (non-hydrogen) atoms. The number of hydrogen-bond donors (Lipinski definition) is 2. The first kappa shape index (κ1) is 31.7. The third-order valence-corrected chi connectivity index (χ3v) is 8.31. The van der Waals surface area contributed by atoms with Gasteiger partial charge >= 0.3 is 0 Å². The van der Waals surface area contributed by atoms with E-state index in [1.54, 1.807) is 76.2 Å². The minimum Gasteiger partial charge on any atom is -0.493 e. The molecule has 0 aliphatic rings. The second-order valence-corrected chi connectivity index (χ2v) is 11.0. The highest BCUT2D eigenvalue weighted by molar-refractivity contribution is 7.14. The third-order valence-electron chi connectivity index (χ3n) is 7.33. The van der Waals surface area contributed by atoms with Gasteiger partial charge in [0.25, 0.3) is 0 Å². The summed E-state index contributed by atoms with van der Waals surface area (Å²) in [5, 5.41) is 23.4. The van der Waals surface area contributed by atoms with Crippen LogP contribution in [0.5, 0.6) is 34.5 Å². The van der Waals surface area contributed by atoms with Gasteiger partial charge in [0.1, 0.15) is 36.9 Å². The van der Waals surface area contributed by atoms with Crippen LogP contribution in [0, 0.1) is 0 Å². The van der Waals surface area contributed by atoms with Crippen molar-refractivity contribution in [3.8, 4) is 56.1 Å². The topological polar surface area (TPSA) is 95.8 Å². The maximum absolute atomic E-state index is 10.6. The molecule has 2 unspecified atom stereocenters. The van der Waals surface area contributed by atoms with Crippen LogP contribution in [0.2, 0.25) is 0 Å². The van der Waals surface area contributed by atoms with Crippen LogP contribution in [-0.2, 0) is 0 Å². The second kappa shape index (κ2) is 14.9. The summed E-state index contributed by atoms with van der Waals surface area (Å²) in [5.74, 6) is 3.65. The largest absolute Gasteiger partial charge is 0.493 e. The first-order chi connectivity index (χ1) is 21.9. The van der Waals surface area contributed by atoms with E-state index in [1.807, 2.05) is 48.5 Å². The van der Waals surface area contributed by atoms with Gasteiger partial charge in [-0.1, -0.05) is 24.3 Å². The van der Waals surface area contributed by atoms with E-state index in [2.05, 4.69) is 11.4 Å². The number of rotatable bonds is 14. The van der Waals surface area contributed by atoms with Crippen molar-refractivity contribution in [3.05, 3.63) is 108 Å². The second-order valence-electron chi connectivity index (χ2n) is 10.1. The molecule has 0 amide bonds. The van der Waals surface area contributed by atoms with Crippen LogP contribution in [0.25, 0.3) is 21.6 Å². The van der Waals surface area contributed by atoms with Crippen molar-refractivity contribution in [1.82, 2.24) is 0 Å². The molecule has 4 aromatic carbocycles. The number of hydrogen-bond acceptors (Lipinski definition) is 9. The van der Waals surface area contributed by atoms with E-state index in [4.69, 9.17) is 28.4 Å². The predicted molar refractivity (Wildman–Crippen MR) is 175 cm³/mol. The van der Waals surface area contributed by atoms with Gasteiger partial charge < -0.3 is 38.6 Å². The van der Waals surface area contributed by atoms with Gasteiger partial charge in [-0.3, -0.25) is 0 Å². The van der Waals surface area contributed by atoms with Gasteiger partial charge in [0.2, 0.25) is 0 Å². The molecule has 1 aromatic heterocycles. The van der Waals surface area contributed by atoms with Crippen LogP contribution in [0.3, 0.4) is 0 Å². The summed E-state index contributed by atoms with van der Waals surface area (Å²) >= 11 is 1.66. The Morgan fingerprint density at radius 2 is 0.956 bits per heavy atom. The standard InChI is InChI=1S/C36H36O8S/c1-39-32-15-9-25(17-34(32)41-3)30(37)20-43-28-11-5-23(6-12-28)27-19-36(45-22-27)24-7-13-29(14-8-24)44-21-31(38)26-10-16-33(40-2)35(18-26)42-4/h5-19,22,30-31,37-38H,20-21H2,1-4H3. The fourth-order valence-electron chi connectivity index (χ4n) is 4.76. The minimum atomic E-state index is -0.816. The van der Waals surface area contributed by atoms with E-state index in [0.717, 1.165) is 21.6 Å². The van der Waals surface area contributed by atoms with Crippen molar-refractivity contribution in [2.24, 2.45) is 0 Å².